The Morgan fingerprint density at radius 2 is 2.36 bits per heavy atom. The van der Waals surface area contributed by atoms with Crippen molar-refractivity contribution in [1.29, 1.82) is 0 Å². The summed E-state index contributed by atoms with van der Waals surface area (Å²) in [6.45, 7) is 2.39. The molecule has 0 atom stereocenters. The van der Waals surface area contributed by atoms with Gasteiger partial charge in [-0.1, -0.05) is 6.92 Å². The van der Waals surface area contributed by atoms with Gasteiger partial charge < -0.3 is 9.15 Å². The second kappa shape index (κ2) is 5.75. The number of hydrogen-bond acceptors (Lipinski definition) is 4. The van der Waals surface area contributed by atoms with E-state index in [0.717, 1.165) is 17.9 Å². The Hall–Kier alpha value is -0.900. The van der Waals surface area contributed by atoms with Gasteiger partial charge in [0.25, 0.3) is 0 Å². The summed E-state index contributed by atoms with van der Waals surface area (Å²) in [4.78, 5) is 11.3. The zero-order valence-corrected chi connectivity index (χ0v) is 9.23. The van der Waals surface area contributed by atoms with Crippen molar-refractivity contribution >= 4 is 17.7 Å². The fourth-order valence-electron chi connectivity index (χ4n) is 0.973. The molecule has 1 aromatic heterocycles. The minimum Gasteiger partial charge on any atom is -0.460 e. The molecule has 0 saturated heterocycles. The Bertz CT molecular complexity index is 293. The highest BCUT2D eigenvalue weighted by Crippen LogP contribution is 2.14. The van der Waals surface area contributed by atoms with Crippen LogP contribution in [0.15, 0.2) is 16.5 Å². The number of furan rings is 1. The van der Waals surface area contributed by atoms with Gasteiger partial charge in [-0.15, -0.1) is 0 Å². The van der Waals surface area contributed by atoms with Crippen LogP contribution in [0.1, 0.15) is 29.7 Å². The largest absolute Gasteiger partial charge is 0.460 e. The van der Waals surface area contributed by atoms with Crippen molar-refractivity contribution in [2.24, 2.45) is 0 Å². The lowest BCUT2D eigenvalue weighted by Crippen LogP contribution is -2.04. The molecular formula is C10H14O3S. The number of ether oxygens (including phenoxy) is 1. The van der Waals surface area contributed by atoms with Gasteiger partial charge >= 0.3 is 5.97 Å². The van der Waals surface area contributed by atoms with Crippen LogP contribution in [0.3, 0.4) is 0 Å². The first-order chi connectivity index (χ1) is 6.77. The number of carbonyl (C=O) groups excluding carboxylic acids is 1. The summed E-state index contributed by atoms with van der Waals surface area (Å²) in [5, 5.41) is 0. The fraction of sp³-hybridized carbons (Fsp3) is 0.500. The van der Waals surface area contributed by atoms with Crippen LogP contribution in [0.4, 0.5) is 0 Å². The molecule has 0 aliphatic heterocycles. The monoisotopic (exact) mass is 214 g/mol. The van der Waals surface area contributed by atoms with Crippen LogP contribution in [0.2, 0.25) is 0 Å². The molecule has 4 heteroatoms. The van der Waals surface area contributed by atoms with Crippen LogP contribution in [0.25, 0.3) is 0 Å². The highest BCUT2D eigenvalue weighted by Gasteiger charge is 2.11. The minimum atomic E-state index is -0.376. The number of hydrogen-bond donors (Lipinski definition) is 0. The van der Waals surface area contributed by atoms with Crippen LogP contribution in [0.5, 0.6) is 0 Å². The summed E-state index contributed by atoms with van der Waals surface area (Å²) in [5.41, 5.74) is 0. The van der Waals surface area contributed by atoms with E-state index in [0.29, 0.717) is 12.4 Å². The van der Waals surface area contributed by atoms with Crippen molar-refractivity contribution in [3.8, 4) is 0 Å². The number of thioether (sulfide) groups is 1. The van der Waals surface area contributed by atoms with Crippen molar-refractivity contribution in [2.45, 2.75) is 19.1 Å². The van der Waals surface area contributed by atoms with Gasteiger partial charge in [-0.2, -0.15) is 11.8 Å². The van der Waals surface area contributed by atoms with Gasteiger partial charge in [0.2, 0.25) is 5.76 Å². The first-order valence-electron chi connectivity index (χ1n) is 4.52. The molecule has 0 spiro atoms. The van der Waals surface area contributed by atoms with Gasteiger partial charge in [0.1, 0.15) is 5.76 Å². The zero-order chi connectivity index (χ0) is 10.4. The van der Waals surface area contributed by atoms with Crippen molar-refractivity contribution in [1.82, 2.24) is 0 Å². The van der Waals surface area contributed by atoms with E-state index in [2.05, 4.69) is 0 Å². The van der Waals surface area contributed by atoms with Gasteiger partial charge in [0.15, 0.2) is 0 Å². The summed E-state index contributed by atoms with van der Waals surface area (Å²) >= 11 is 1.65. The number of rotatable bonds is 5. The van der Waals surface area contributed by atoms with Crippen molar-refractivity contribution in [3.05, 3.63) is 23.7 Å². The highest BCUT2D eigenvalue weighted by molar-refractivity contribution is 7.97. The maximum atomic E-state index is 11.3. The summed E-state index contributed by atoms with van der Waals surface area (Å²) < 4.78 is 10.2. The Morgan fingerprint density at radius 1 is 1.57 bits per heavy atom. The number of carbonyl (C=O) groups is 1. The van der Waals surface area contributed by atoms with E-state index in [-0.39, 0.29) is 5.97 Å². The van der Waals surface area contributed by atoms with Crippen LogP contribution in [-0.2, 0) is 10.5 Å². The fourth-order valence-corrected chi connectivity index (χ4v) is 1.41. The SMILES string of the molecule is CCCOC(=O)c1ccc(CSC)o1. The molecule has 1 aromatic rings. The van der Waals surface area contributed by atoms with Gasteiger partial charge in [0, 0.05) is 0 Å². The van der Waals surface area contributed by atoms with E-state index in [1.54, 1.807) is 23.9 Å². The second-order valence-electron chi connectivity index (χ2n) is 2.83. The molecule has 0 amide bonds. The van der Waals surface area contributed by atoms with Crippen LogP contribution in [-0.4, -0.2) is 18.8 Å². The summed E-state index contributed by atoms with van der Waals surface area (Å²) in [6, 6.07) is 3.46. The molecule has 78 valence electrons. The molecule has 0 unspecified atom stereocenters. The molecule has 1 heterocycles. The molecule has 0 fully saturated rings. The molecule has 0 aromatic carbocycles. The molecule has 3 nitrogen and oxygen atoms in total. The third-order valence-electron chi connectivity index (χ3n) is 1.59. The van der Waals surface area contributed by atoms with Gasteiger partial charge in [0.05, 0.1) is 12.4 Å². The molecule has 0 saturated carbocycles. The molecular weight excluding hydrogens is 200 g/mol. The van der Waals surface area contributed by atoms with E-state index in [4.69, 9.17) is 9.15 Å². The van der Waals surface area contributed by atoms with Gasteiger partial charge in [-0.25, -0.2) is 4.79 Å². The normalized spacial score (nSPS) is 10.1. The average molecular weight is 214 g/mol. The molecule has 0 aliphatic rings. The zero-order valence-electron chi connectivity index (χ0n) is 8.41. The van der Waals surface area contributed by atoms with Crippen LogP contribution < -0.4 is 0 Å². The third-order valence-corrected chi connectivity index (χ3v) is 2.16. The van der Waals surface area contributed by atoms with E-state index < -0.39 is 0 Å². The number of esters is 1. The quantitative estimate of drug-likeness (QED) is 0.706. The Balaban J connectivity index is 2.53. The molecule has 1 rings (SSSR count). The topological polar surface area (TPSA) is 39.4 Å². The lowest BCUT2D eigenvalue weighted by atomic mass is 10.4. The lowest BCUT2D eigenvalue weighted by Gasteiger charge is -1.98. The highest BCUT2D eigenvalue weighted by atomic mass is 32.2. The molecule has 0 bridgehead atoms. The predicted octanol–water partition coefficient (Wildman–Crippen LogP) is 2.71. The molecule has 0 aliphatic carbocycles. The lowest BCUT2D eigenvalue weighted by molar-refractivity contribution is 0.0467. The maximum Gasteiger partial charge on any atom is 0.374 e. The van der Waals surface area contributed by atoms with E-state index in [9.17, 15) is 4.79 Å². The molecule has 14 heavy (non-hydrogen) atoms. The Kier molecular flexibility index (Phi) is 4.59. The summed E-state index contributed by atoms with van der Waals surface area (Å²) in [7, 11) is 0. The van der Waals surface area contributed by atoms with Crippen molar-refractivity contribution < 1.29 is 13.9 Å². The third kappa shape index (κ3) is 3.10. The predicted molar refractivity (Wildman–Crippen MR) is 56.5 cm³/mol. The first kappa shape index (κ1) is 11.2. The first-order valence-corrected chi connectivity index (χ1v) is 5.92. The Morgan fingerprint density at radius 3 is 3.00 bits per heavy atom. The smallest absolute Gasteiger partial charge is 0.374 e. The van der Waals surface area contributed by atoms with Crippen LogP contribution >= 0.6 is 11.8 Å². The molecule has 0 radical (unpaired) electrons. The van der Waals surface area contributed by atoms with E-state index in [1.807, 2.05) is 13.2 Å². The van der Waals surface area contributed by atoms with Crippen LogP contribution in [0, 0.1) is 0 Å². The van der Waals surface area contributed by atoms with E-state index in [1.165, 1.54) is 0 Å². The van der Waals surface area contributed by atoms with Crippen molar-refractivity contribution in [3.63, 3.8) is 0 Å². The van der Waals surface area contributed by atoms with Crippen molar-refractivity contribution in [2.75, 3.05) is 12.9 Å². The van der Waals surface area contributed by atoms with Gasteiger partial charge in [-0.05, 0) is 24.8 Å². The minimum absolute atomic E-state index is 0.294. The van der Waals surface area contributed by atoms with Gasteiger partial charge in [-0.3, -0.25) is 0 Å². The maximum absolute atomic E-state index is 11.3. The second-order valence-corrected chi connectivity index (χ2v) is 3.70. The molecule has 0 N–H and O–H groups in total. The Labute approximate surface area is 87.8 Å². The summed E-state index contributed by atoms with van der Waals surface area (Å²) in [6.07, 6.45) is 2.81. The van der Waals surface area contributed by atoms with E-state index >= 15 is 0 Å². The standard InChI is InChI=1S/C10H14O3S/c1-3-6-12-10(11)9-5-4-8(13-9)7-14-2/h4-5H,3,6-7H2,1-2H3. The summed E-state index contributed by atoms with van der Waals surface area (Å²) in [5.74, 6) is 1.50. The average Bonchev–Trinajstić information content (AvgIpc) is 2.63.